The Morgan fingerprint density at radius 2 is 1.30 bits per heavy atom. The molecule has 3 nitrogen and oxygen atoms in total. The van der Waals surface area contributed by atoms with Crippen LogP contribution in [0.4, 0.5) is 0 Å². The minimum absolute atomic E-state index is 0.336. The lowest BCUT2D eigenvalue weighted by atomic mass is 9.89. The van der Waals surface area contributed by atoms with E-state index in [1.807, 2.05) is 49.4 Å². The zero-order valence-corrected chi connectivity index (χ0v) is 20.0. The number of hydrogen-bond donors (Lipinski definition) is 0. The molecular weight excluding hydrogens is 426 g/mol. The summed E-state index contributed by atoms with van der Waals surface area (Å²) in [5.74, 6) is 0. The fourth-order valence-electron chi connectivity index (χ4n) is 4.91. The maximum absolute atomic E-state index is 14.2. The molecule has 1 aliphatic rings. The maximum atomic E-state index is 14.2. The Bertz CT molecular complexity index is 1380. The molecule has 0 saturated heterocycles. The van der Waals surface area contributed by atoms with Crippen LogP contribution in [0.25, 0.3) is 11.3 Å². The fourth-order valence-corrected chi connectivity index (χ4v) is 6.52. The Kier molecular flexibility index (Phi) is 5.71. The molecule has 0 aliphatic heterocycles. The molecule has 168 valence electrons. The molecular formula is C29H29NO2S. The Balaban J connectivity index is 1.80. The molecule has 1 aliphatic carbocycles. The molecule has 4 aromatic rings. The third-order valence-corrected chi connectivity index (χ3v) is 8.40. The third kappa shape index (κ3) is 4.04. The van der Waals surface area contributed by atoms with Crippen molar-refractivity contribution < 1.29 is 8.42 Å². The second kappa shape index (κ2) is 8.68. The van der Waals surface area contributed by atoms with Gasteiger partial charge in [0.2, 0.25) is 0 Å². The zero-order chi connectivity index (χ0) is 23.0. The van der Waals surface area contributed by atoms with Gasteiger partial charge in [0.25, 0.3) is 10.0 Å². The van der Waals surface area contributed by atoms with E-state index in [0.717, 1.165) is 53.8 Å². The van der Waals surface area contributed by atoms with Gasteiger partial charge in [0, 0.05) is 12.1 Å². The van der Waals surface area contributed by atoms with E-state index in [2.05, 4.69) is 31.2 Å². The van der Waals surface area contributed by atoms with E-state index in [1.165, 1.54) is 16.7 Å². The second-order valence-corrected chi connectivity index (χ2v) is 10.9. The topological polar surface area (TPSA) is 39.1 Å². The lowest BCUT2D eigenvalue weighted by Crippen LogP contribution is -2.18. The van der Waals surface area contributed by atoms with Gasteiger partial charge in [-0.1, -0.05) is 77.9 Å². The molecule has 0 radical (unpaired) electrons. The first kappa shape index (κ1) is 21.7. The monoisotopic (exact) mass is 455 g/mol. The molecule has 3 aromatic carbocycles. The Morgan fingerprint density at radius 1 is 0.727 bits per heavy atom. The number of fused-ring (bicyclic) bond motifs is 1. The van der Waals surface area contributed by atoms with Crippen LogP contribution in [0.5, 0.6) is 0 Å². The van der Waals surface area contributed by atoms with E-state index in [0.29, 0.717) is 11.3 Å². The molecule has 0 N–H and O–H groups in total. The summed E-state index contributed by atoms with van der Waals surface area (Å²) >= 11 is 0. The summed E-state index contributed by atoms with van der Waals surface area (Å²) in [4.78, 5) is 0.336. The quantitative estimate of drug-likeness (QED) is 0.345. The maximum Gasteiger partial charge on any atom is 0.268 e. The van der Waals surface area contributed by atoms with Crippen molar-refractivity contribution in [2.24, 2.45) is 0 Å². The van der Waals surface area contributed by atoms with Gasteiger partial charge < -0.3 is 0 Å². The van der Waals surface area contributed by atoms with Crippen LogP contribution in [0.2, 0.25) is 0 Å². The van der Waals surface area contributed by atoms with Gasteiger partial charge in [-0.25, -0.2) is 12.4 Å². The minimum atomic E-state index is -3.77. The summed E-state index contributed by atoms with van der Waals surface area (Å²) in [5, 5.41) is 0. The first-order valence-electron chi connectivity index (χ1n) is 11.6. The molecule has 0 bridgehead atoms. The van der Waals surface area contributed by atoms with E-state index in [-0.39, 0.29) is 0 Å². The number of aromatic nitrogens is 1. The van der Waals surface area contributed by atoms with Crippen molar-refractivity contribution in [2.45, 2.75) is 50.8 Å². The van der Waals surface area contributed by atoms with Crippen LogP contribution in [0.1, 0.15) is 46.4 Å². The van der Waals surface area contributed by atoms with Gasteiger partial charge in [-0.2, -0.15) is 0 Å². The van der Waals surface area contributed by atoms with Crippen LogP contribution in [-0.2, 0) is 29.3 Å². The highest BCUT2D eigenvalue weighted by atomic mass is 32.2. The second-order valence-electron chi connectivity index (χ2n) is 9.07. The number of nitrogens with zero attached hydrogens (tertiary/aromatic N) is 1. The molecule has 33 heavy (non-hydrogen) atoms. The van der Waals surface area contributed by atoms with Crippen LogP contribution in [-0.4, -0.2) is 12.4 Å². The largest absolute Gasteiger partial charge is 0.268 e. The van der Waals surface area contributed by atoms with Crippen LogP contribution in [0.15, 0.2) is 83.8 Å². The third-order valence-electron chi connectivity index (χ3n) is 6.65. The first-order chi connectivity index (χ1) is 15.9. The summed E-state index contributed by atoms with van der Waals surface area (Å²) in [5.41, 5.74) is 8.51. The molecule has 0 saturated carbocycles. The van der Waals surface area contributed by atoms with Gasteiger partial charge in [-0.3, -0.25) is 0 Å². The number of benzene rings is 3. The lowest BCUT2D eigenvalue weighted by Gasteiger charge is -2.16. The average Bonchev–Trinajstić information content (AvgIpc) is 3.16. The Morgan fingerprint density at radius 3 is 1.94 bits per heavy atom. The fraction of sp³-hybridized carbons (Fsp3) is 0.241. The smallest absolute Gasteiger partial charge is 0.237 e. The molecule has 0 fully saturated rings. The van der Waals surface area contributed by atoms with Crippen LogP contribution >= 0.6 is 0 Å². The Hall–Kier alpha value is -3.11. The van der Waals surface area contributed by atoms with E-state index in [4.69, 9.17) is 0 Å². The zero-order valence-electron chi connectivity index (χ0n) is 19.2. The predicted octanol–water partition coefficient (Wildman–Crippen LogP) is 6.48. The molecule has 0 spiro atoms. The number of rotatable bonds is 5. The average molecular weight is 456 g/mol. The van der Waals surface area contributed by atoms with Gasteiger partial charge >= 0.3 is 0 Å². The van der Waals surface area contributed by atoms with Crippen molar-refractivity contribution in [3.8, 4) is 11.3 Å². The number of aryl methyl sites for hydroxylation is 2. The van der Waals surface area contributed by atoms with Crippen molar-refractivity contribution in [2.75, 3.05) is 0 Å². The SMILES string of the molecule is Cc1ccc(Cc2c3c(c(-c4ccccc4)n2S(=O)(=O)c2ccc(C)cc2)CCCC3)cc1. The summed E-state index contributed by atoms with van der Waals surface area (Å²) in [6, 6.07) is 25.6. The van der Waals surface area contributed by atoms with E-state index in [9.17, 15) is 8.42 Å². The van der Waals surface area contributed by atoms with Crippen molar-refractivity contribution in [1.29, 1.82) is 0 Å². The van der Waals surface area contributed by atoms with Crippen molar-refractivity contribution in [3.05, 3.63) is 112 Å². The molecule has 0 amide bonds. The van der Waals surface area contributed by atoms with Crippen molar-refractivity contribution in [1.82, 2.24) is 3.97 Å². The summed E-state index contributed by atoms with van der Waals surface area (Å²) < 4.78 is 30.0. The normalized spacial score (nSPS) is 13.6. The molecule has 4 heteroatoms. The molecule has 1 aromatic heterocycles. The van der Waals surface area contributed by atoms with E-state index >= 15 is 0 Å². The van der Waals surface area contributed by atoms with Gasteiger partial charge in [-0.05, 0) is 73.9 Å². The van der Waals surface area contributed by atoms with E-state index in [1.54, 1.807) is 16.1 Å². The van der Waals surface area contributed by atoms with Gasteiger partial charge in [-0.15, -0.1) is 0 Å². The minimum Gasteiger partial charge on any atom is -0.237 e. The van der Waals surface area contributed by atoms with Crippen LogP contribution in [0, 0.1) is 13.8 Å². The molecule has 0 atom stereocenters. The highest BCUT2D eigenvalue weighted by molar-refractivity contribution is 7.90. The molecule has 0 unspecified atom stereocenters. The van der Waals surface area contributed by atoms with Crippen molar-refractivity contribution in [3.63, 3.8) is 0 Å². The standard InChI is InChI=1S/C29H29NO2S/c1-21-12-16-23(17-13-21)20-28-26-10-6-7-11-27(26)29(24-8-4-3-5-9-24)30(28)33(31,32)25-18-14-22(2)15-19-25/h3-5,8-9,12-19H,6-7,10-11,20H2,1-2H3. The van der Waals surface area contributed by atoms with Gasteiger partial charge in [0.1, 0.15) is 0 Å². The summed E-state index contributed by atoms with van der Waals surface area (Å²) in [7, 11) is -3.77. The summed E-state index contributed by atoms with van der Waals surface area (Å²) in [6.45, 7) is 4.05. The molecule has 1 heterocycles. The van der Waals surface area contributed by atoms with Crippen LogP contribution in [0.3, 0.4) is 0 Å². The Labute approximate surface area is 196 Å². The summed E-state index contributed by atoms with van der Waals surface area (Å²) in [6.07, 6.45) is 4.62. The van der Waals surface area contributed by atoms with Crippen molar-refractivity contribution >= 4 is 10.0 Å². The van der Waals surface area contributed by atoms with Gasteiger partial charge in [0.05, 0.1) is 10.6 Å². The van der Waals surface area contributed by atoms with Crippen LogP contribution < -0.4 is 0 Å². The number of hydrogen-bond acceptors (Lipinski definition) is 2. The van der Waals surface area contributed by atoms with Gasteiger partial charge in [0.15, 0.2) is 0 Å². The molecule has 5 rings (SSSR count). The highest BCUT2D eigenvalue weighted by Gasteiger charge is 2.32. The highest BCUT2D eigenvalue weighted by Crippen LogP contribution is 2.40. The first-order valence-corrected chi connectivity index (χ1v) is 13.1. The predicted molar refractivity (Wildman–Crippen MR) is 134 cm³/mol. The lowest BCUT2D eigenvalue weighted by molar-refractivity contribution is 0.586. The van der Waals surface area contributed by atoms with E-state index < -0.39 is 10.0 Å².